The number of hydrogen-bond acceptors (Lipinski definition) is 5. The summed E-state index contributed by atoms with van der Waals surface area (Å²) in [5.74, 6) is -0.750. The first-order chi connectivity index (χ1) is 21.6. The van der Waals surface area contributed by atoms with Crippen LogP contribution in [0.4, 0.5) is 0 Å². The van der Waals surface area contributed by atoms with Gasteiger partial charge in [0.25, 0.3) is 0 Å². The molecular weight excluding hydrogens is 548 g/mol. The largest absolute Gasteiger partial charge is 0.451 e. The molecule has 258 valence electrons. The lowest BCUT2D eigenvalue weighted by molar-refractivity contribution is -0.163. The quantitative estimate of drug-likeness (QED) is 0.0425. The Hall–Kier alpha value is -1.46. The summed E-state index contributed by atoms with van der Waals surface area (Å²) >= 11 is 0. The van der Waals surface area contributed by atoms with Crippen LogP contribution in [0, 0.1) is 0 Å². The summed E-state index contributed by atoms with van der Waals surface area (Å²) in [5, 5.41) is 19.5. The van der Waals surface area contributed by atoms with Crippen LogP contribution in [0.2, 0.25) is 0 Å². The molecule has 0 aromatic rings. The van der Waals surface area contributed by atoms with E-state index >= 15 is 0 Å². The molecule has 44 heavy (non-hydrogen) atoms. The van der Waals surface area contributed by atoms with E-state index in [1.54, 1.807) is 0 Å². The number of allylic oxidation sites excluding steroid dienone is 4. The van der Waals surface area contributed by atoms with Crippen LogP contribution >= 0.6 is 0 Å². The first-order valence-electron chi connectivity index (χ1n) is 18.9. The Kier molecular flexibility index (Phi) is 33.3. The number of unbranched alkanes of at least 4 members (excludes halogenated alkanes) is 22. The second-order valence-electron chi connectivity index (χ2n) is 12.8. The van der Waals surface area contributed by atoms with E-state index in [2.05, 4.69) is 38.2 Å². The number of aliphatic hydroxyl groups is 2. The zero-order chi connectivity index (χ0) is 32.4. The molecule has 5 nitrogen and oxygen atoms in total. The van der Waals surface area contributed by atoms with Crippen LogP contribution in [0.5, 0.6) is 0 Å². The van der Waals surface area contributed by atoms with Gasteiger partial charge < -0.3 is 14.9 Å². The van der Waals surface area contributed by atoms with Crippen molar-refractivity contribution in [3.05, 3.63) is 24.3 Å². The molecule has 5 heteroatoms. The molecular formula is C39H72O5. The Morgan fingerprint density at radius 3 is 1.25 bits per heavy atom. The Balaban J connectivity index is 3.84. The summed E-state index contributed by atoms with van der Waals surface area (Å²) in [6, 6.07) is 0. The molecule has 0 spiro atoms. The van der Waals surface area contributed by atoms with Gasteiger partial charge in [-0.15, -0.1) is 0 Å². The van der Waals surface area contributed by atoms with Gasteiger partial charge in [-0.25, -0.2) is 0 Å². The number of Topliss-reactive ketones (excluding diaryl/α,β-unsaturated/α-hetero) is 1. The van der Waals surface area contributed by atoms with E-state index in [0.29, 0.717) is 6.42 Å². The number of carbonyl (C=O) groups excluding carboxylic acids is 2. The lowest BCUT2D eigenvalue weighted by Gasteiger charge is -2.20. The van der Waals surface area contributed by atoms with E-state index in [1.165, 1.54) is 103 Å². The van der Waals surface area contributed by atoms with Gasteiger partial charge in [0.1, 0.15) is 6.10 Å². The van der Waals surface area contributed by atoms with Crippen LogP contribution in [0.1, 0.15) is 194 Å². The highest BCUT2D eigenvalue weighted by Gasteiger charge is 2.29. The Bertz CT molecular complexity index is 686. The van der Waals surface area contributed by atoms with Crippen molar-refractivity contribution in [2.75, 3.05) is 6.61 Å². The summed E-state index contributed by atoms with van der Waals surface area (Å²) in [4.78, 5) is 25.0. The van der Waals surface area contributed by atoms with Crippen molar-refractivity contribution < 1.29 is 24.5 Å². The highest BCUT2D eigenvalue weighted by atomic mass is 16.6. The monoisotopic (exact) mass is 621 g/mol. The minimum atomic E-state index is -1.36. The number of carbonyl (C=O) groups is 2. The standard InChI is InChI=1S/C39H72O5/c1-3-5-7-9-11-13-15-17-19-21-23-25-27-29-31-33-36(41)39(37(42)35-40)44-38(43)34-32-30-28-26-24-22-20-18-16-14-12-10-8-6-4-2/h17-20,37,39-40,42H,3-16,21-35H2,1-2H3/b19-17-,20-18-. The fourth-order valence-electron chi connectivity index (χ4n) is 5.51. The van der Waals surface area contributed by atoms with Crippen molar-refractivity contribution in [2.45, 2.75) is 206 Å². The summed E-state index contributed by atoms with van der Waals surface area (Å²) in [6.07, 6.45) is 38.0. The molecule has 0 aliphatic heterocycles. The van der Waals surface area contributed by atoms with Crippen LogP contribution in [-0.2, 0) is 14.3 Å². The van der Waals surface area contributed by atoms with Crippen LogP contribution in [0.3, 0.4) is 0 Å². The highest BCUT2D eigenvalue weighted by Crippen LogP contribution is 2.15. The molecule has 0 rings (SSSR count). The summed E-state index contributed by atoms with van der Waals surface area (Å²) in [7, 11) is 0. The van der Waals surface area contributed by atoms with Crippen molar-refractivity contribution in [1.29, 1.82) is 0 Å². The van der Waals surface area contributed by atoms with Crippen molar-refractivity contribution >= 4 is 11.8 Å². The maximum absolute atomic E-state index is 12.7. The Morgan fingerprint density at radius 2 is 0.864 bits per heavy atom. The normalized spacial score (nSPS) is 13.2. The third-order valence-electron chi connectivity index (χ3n) is 8.44. The van der Waals surface area contributed by atoms with Crippen LogP contribution in [0.25, 0.3) is 0 Å². The molecule has 2 atom stereocenters. The number of aliphatic hydroxyl groups excluding tert-OH is 2. The van der Waals surface area contributed by atoms with Gasteiger partial charge in [0, 0.05) is 12.8 Å². The second-order valence-corrected chi connectivity index (χ2v) is 12.8. The van der Waals surface area contributed by atoms with Crippen molar-refractivity contribution in [1.82, 2.24) is 0 Å². The zero-order valence-corrected chi connectivity index (χ0v) is 29.1. The van der Waals surface area contributed by atoms with E-state index in [0.717, 1.165) is 57.8 Å². The number of hydrogen-bond donors (Lipinski definition) is 2. The van der Waals surface area contributed by atoms with Gasteiger partial charge in [-0.2, -0.15) is 0 Å². The minimum Gasteiger partial charge on any atom is -0.451 e. The maximum Gasteiger partial charge on any atom is 0.306 e. The number of rotatable bonds is 34. The van der Waals surface area contributed by atoms with Gasteiger partial charge in [-0.05, 0) is 64.2 Å². The average Bonchev–Trinajstić information content (AvgIpc) is 3.03. The Morgan fingerprint density at radius 1 is 0.523 bits per heavy atom. The van der Waals surface area contributed by atoms with E-state index < -0.39 is 24.8 Å². The SMILES string of the molecule is CCCCCCCC/C=C\CCCCCCCC(=O)OC(C(=O)CCCCCCC/C=C\CCCCCCCC)C(O)CO. The van der Waals surface area contributed by atoms with Crippen LogP contribution < -0.4 is 0 Å². The van der Waals surface area contributed by atoms with E-state index in [4.69, 9.17) is 4.74 Å². The zero-order valence-electron chi connectivity index (χ0n) is 29.1. The molecule has 0 bridgehead atoms. The molecule has 0 heterocycles. The molecule has 0 aromatic carbocycles. The van der Waals surface area contributed by atoms with Crippen molar-refractivity contribution in [3.63, 3.8) is 0 Å². The van der Waals surface area contributed by atoms with E-state index in [1.807, 2.05) is 0 Å². The highest BCUT2D eigenvalue weighted by molar-refractivity contribution is 5.86. The lowest BCUT2D eigenvalue weighted by Crippen LogP contribution is -2.40. The Labute approximate surface area is 272 Å². The number of ether oxygens (including phenoxy) is 1. The first kappa shape index (κ1) is 42.5. The van der Waals surface area contributed by atoms with Gasteiger partial charge in [-0.1, -0.05) is 141 Å². The molecule has 0 saturated heterocycles. The molecule has 0 aliphatic carbocycles. The fraction of sp³-hybridized carbons (Fsp3) is 0.846. The average molecular weight is 621 g/mol. The van der Waals surface area contributed by atoms with Gasteiger partial charge in [0.15, 0.2) is 11.9 Å². The molecule has 0 amide bonds. The summed E-state index contributed by atoms with van der Waals surface area (Å²) in [6.45, 7) is 3.91. The molecule has 2 unspecified atom stereocenters. The van der Waals surface area contributed by atoms with Crippen LogP contribution in [-0.4, -0.2) is 40.8 Å². The van der Waals surface area contributed by atoms with Crippen LogP contribution in [0.15, 0.2) is 24.3 Å². The molecule has 2 N–H and O–H groups in total. The molecule has 0 saturated carbocycles. The number of esters is 1. The van der Waals surface area contributed by atoms with Gasteiger partial charge in [-0.3, -0.25) is 9.59 Å². The van der Waals surface area contributed by atoms with Crippen molar-refractivity contribution in [3.8, 4) is 0 Å². The topological polar surface area (TPSA) is 83.8 Å². The van der Waals surface area contributed by atoms with E-state index in [-0.39, 0.29) is 18.6 Å². The van der Waals surface area contributed by atoms with Gasteiger partial charge >= 0.3 is 5.97 Å². The minimum absolute atomic E-state index is 0.244. The summed E-state index contributed by atoms with van der Waals surface area (Å²) in [5.41, 5.74) is 0. The third-order valence-corrected chi connectivity index (χ3v) is 8.44. The third kappa shape index (κ3) is 29.3. The maximum atomic E-state index is 12.7. The van der Waals surface area contributed by atoms with Gasteiger partial charge in [0.2, 0.25) is 0 Å². The lowest BCUT2D eigenvalue weighted by atomic mass is 10.0. The van der Waals surface area contributed by atoms with E-state index in [9.17, 15) is 19.8 Å². The number of ketones is 1. The molecule has 0 aliphatic rings. The predicted molar refractivity (Wildman–Crippen MR) is 187 cm³/mol. The second kappa shape index (κ2) is 34.4. The molecule has 0 radical (unpaired) electrons. The van der Waals surface area contributed by atoms with Crippen molar-refractivity contribution in [2.24, 2.45) is 0 Å². The predicted octanol–water partition coefficient (Wildman–Crippen LogP) is 10.9. The summed E-state index contributed by atoms with van der Waals surface area (Å²) < 4.78 is 5.34. The molecule has 0 fully saturated rings. The fourth-order valence-corrected chi connectivity index (χ4v) is 5.51. The smallest absolute Gasteiger partial charge is 0.306 e. The molecule has 0 aromatic heterocycles. The first-order valence-corrected chi connectivity index (χ1v) is 18.9. The van der Waals surface area contributed by atoms with Gasteiger partial charge in [0.05, 0.1) is 6.61 Å².